The Morgan fingerprint density at radius 3 is 2.30 bits per heavy atom. The van der Waals surface area contributed by atoms with E-state index in [0.29, 0.717) is 29.6 Å². The van der Waals surface area contributed by atoms with Crippen LogP contribution in [0, 0.1) is 20.8 Å². The summed E-state index contributed by atoms with van der Waals surface area (Å²) in [7, 11) is 0. The zero-order chi connectivity index (χ0) is 28.2. The van der Waals surface area contributed by atoms with Crippen LogP contribution in [0.4, 0.5) is 5.82 Å². The first-order valence-corrected chi connectivity index (χ1v) is 14.7. The molecular formula is C31H32ClN5O2S. The number of thiazole rings is 1. The molecule has 40 heavy (non-hydrogen) atoms. The van der Waals surface area contributed by atoms with Gasteiger partial charge in [0.05, 0.1) is 33.2 Å². The molecule has 0 radical (unpaired) electrons. The van der Waals surface area contributed by atoms with Crippen LogP contribution in [0.15, 0.2) is 54.7 Å². The Bertz CT molecular complexity index is 1450. The fourth-order valence-corrected chi connectivity index (χ4v) is 6.27. The lowest BCUT2D eigenvalue weighted by Crippen LogP contribution is -2.38. The molecule has 2 aromatic carbocycles. The minimum absolute atomic E-state index is 0.00153. The van der Waals surface area contributed by atoms with E-state index >= 15 is 0 Å². The summed E-state index contributed by atoms with van der Waals surface area (Å²) in [5.74, 6) is 0.494. The van der Waals surface area contributed by atoms with Crippen molar-refractivity contribution >= 4 is 40.6 Å². The third kappa shape index (κ3) is 6.57. The predicted octanol–water partition coefficient (Wildman–Crippen LogP) is 6.97. The van der Waals surface area contributed by atoms with Crippen LogP contribution in [0.1, 0.15) is 53.6 Å². The summed E-state index contributed by atoms with van der Waals surface area (Å²) in [5, 5.41) is 4.56. The van der Waals surface area contributed by atoms with E-state index in [4.69, 9.17) is 16.6 Å². The van der Waals surface area contributed by atoms with Crippen molar-refractivity contribution in [2.75, 3.05) is 18.4 Å². The molecule has 1 aliphatic rings. The highest BCUT2D eigenvalue weighted by molar-refractivity contribution is 7.15. The van der Waals surface area contributed by atoms with E-state index < -0.39 is 0 Å². The Labute approximate surface area is 243 Å². The third-order valence-corrected chi connectivity index (χ3v) is 8.68. The molecule has 1 N–H and O–H groups in total. The molecule has 9 heteroatoms. The van der Waals surface area contributed by atoms with Gasteiger partial charge in [0.1, 0.15) is 0 Å². The molecule has 4 aromatic rings. The first-order valence-electron chi connectivity index (χ1n) is 13.5. The Morgan fingerprint density at radius 1 is 0.950 bits per heavy atom. The monoisotopic (exact) mass is 573 g/mol. The van der Waals surface area contributed by atoms with E-state index in [2.05, 4.69) is 46.5 Å². The van der Waals surface area contributed by atoms with Crippen LogP contribution < -0.4 is 5.32 Å². The molecule has 0 bridgehead atoms. The highest BCUT2D eigenvalue weighted by Crippen LogP contribution is 2.42. The molecule has 2 aromatic heterocycles. The van der Waals surface area contributed by atoms with Gasteiger partial charge in [0, 0.05) is 42.4 Å². The van der Waals surface area contributed by atoms with Gasteiger partial charge >= 0.3 is 0 Å². The average Bonchev–Trinajstić information content (AvgIpc) is 3.40. The van der Waals surface area contributed by atoms with Gasteiger partial charge in [-0.05, 0) is 51.3 Å². The summed E-state index contributed by atoms with van der Waals surface area (Å²) >= 11 is 7.89. The number of nitrogens with zero attached hydrogens (tertiary/aromatic N) is 4. The van der Waals surface area contributed by atoms with E-state index in [1.807, 2.05) is 36.1 Å². The van der Waals surface area contributed by atoms with Gasteiger partial charge in [-0.2, -0.15) is 0 Å². The molecule has 0 aliphatic carbocycles. The molecule has 1 fully saturated rings. The molecule has 0 spiro atoms. The van der Waals surface area contributed by atoms with Crippen molar-refractivity contribution in [2.24, 2.45) is 0 Å². The molecule has 206 valence electrons. The average molecular weight is 574 g/mol. The van der Waals surface area contributed by atoms with Gasteiger partial charge in [-0.1, -0.05) is 53.6 Å². The lowest BCUT2D eigenvalue weighted by Gasteiger charge is -2.31. The number of aromatic nitrogens is 3. The standard InChI is InChI=1S/C31H32ClN5O2S/c1-19-4-6-23(7-5-19)29-28(22-8-10-25(32)11-9-22)36-31(40-29)24-14-16-37(17-15-24)27(39)13-12-26(38)35-30-21(3)34-20(2)18-33-30/h4-11,18,24H,12-17H2,1-3H3,(H,33,35,38). The maximum atomic E-state index is 12.9. The van der Waals surface area contributed by atoms with E-state index in [0.717, 1.165) is 45.2 Å². The SMILES string of the molecule is Cc1ccc(-c2sc(C3CCN(C(=O)CCC(=O)Nc4ncc(C)nc4C)CC3)nc2-c2ccc(Cl)cc2)cc1. The highest BCUT2D eigenvalue weighted by atomic mass is 35.5. The van der Waals surface area contributed by atoms with Gasteiger partial charge in [0.2, 0.25) is 11.8 Å². The Hall–Kier alpha value is -3.62. The smallest absolute Gasteiger partial charge is 0.226 e. The predicted molar refractivity (Wildman–Crippen MR) is 161 cm³/mol. The van der Waals surface area contributed by atoms with Crippen LogP contribution in [0.3, 0.4) is 0 Å². The van der Waals surface area contributed by atoms with E-state index in [1.54, 1.807) is 24.5 Å². The number of anilines is 1. The van der Waals surface area contributed by atoms with Crippen molar-refractivity contribution < 1.29 is 9.59 Å². The largest absolute Gasteiger partial charge is 0.343 e. The molecular weight excluding hydrogens is 542 g/mol. The fourth-order valence-electron chi connectivity index (χ4n) is 4.88. The van der Waals surface area contributed by atoms with Crippen LogP contribution in [-0.4, -0.2) is 44.8 Å². The second-order valence-electron chi connectivity index (χ2n) is 10.3. The van der Waals surface area contributed by atoms with Gasteiger partial charge < -0.3 is 10.2 Å². The van der Waals surface area contributed by atoms with Crippen LogP contribution in [0.25, 0.3) is 21.7 Å². The lowest BCUT2D eigenvalue weighted by atomic mass is 9.97. The maximum absolute atomic E-state index is 12.9. The van der Waals surface area contributed by atoms with Crippen molar-refractivity contribution in [2.45, 2.75) is 52.4 Å². The first-order chi connectivity index (χ1) is 19.3. The van der Waals surface area contributed by atoms with Gasteiger partial charge in [0.15, 0.2) is 5.82 Å². The minimum atomic E-state index is -0.231. The van der Waals surface area contributed by atoms with E-state index in [1.165, 1.54) is 5.56 Å². The van der Waals surface area contributed by atoms with Gasteiger partial charge in [0.25, 0.3) is 0 Å². The maximum Gasteiger partial charge on any atom is 0.226 e. The third-order valence-electron chi connectivity index (χ3n) is 7.16. The number of rotatable bonds is 7. The summed E-state index contributed by atoms with van der Waals surface area (Å²) in [6, 6.07) is 16.4. The molecule has 7 nitrogen and oxygen atoms in total. The Kier molecular flexibility index (Phi) is 8.57. The van der Waals surface area contributed by atoms with E-state index in [-0.39, 0.29) is 30.6 Å². The number of hydrogen-bond donors (Lipinski definition) is 1. The number of amides is 2. The van der Waals surface area contributed by atoms with Crippen LogP contribution in [0.5, 0.6) is 0 Å². The quantitative estimate of drug-likeness (QED) is 0.258. The summed E-state index contributed by atoms with van der Waals surface area (Å²) in [5.41, 5.74) is 5.83. The Morgan fingerprint density at radius 2 is 1.62 bits per heavy atom. The number of halogens is 1. The zero-order valence-corrected chi connectivity index (χ0v) is 24.5. The van der Waals surface area contributed by atoms with Gasteiger partial charge in [-0.25, -0.2) is 9.97 Å². The number of aryl methyl sites for hydroxylation is 3. The van der Waals surface area contributed by atoms with Crippen LogP contribution in [-0.2, 0) is 9.59 Å². The number of hydrogen-bond acceptors (Lipinski definition) is 6. The molecule has 0 saturated carbocycles. The number of carbonyl (C=O) groups is 2. The summed E-state index contributed by atoms with van der Waals surface area (Å²) in [6.07, 6.45) is 3.59. The molecule has 2 amide bonds. The summed E-state index contributed by atoms with van der Waals surface area (Å²) in [4.78, 5) is 42.0. The lowest BCUT2D eigenvalue weighted by molar-refractivity contribution is -0.133. The van der Waals surface area contributed by atoms with Crippen molar-refractivity contribution in [1.82, 2.24) is 19.9 Å². The number of likely N-dealkylation sites (tertiary alicyclic amines) is 1. The molecule has 1 aliphatic heterocycles. The summed E-state index contributed by atoms with van der Waals surface area (Å²) < 4.78 is 0. The van der Waals surface area contributed by atoms with Gasteiger partial charge in [-0.15, -0.1) is 11.3 Å². The first kappa shape index (κ1) is 27.9. The fraction of sp³-hybridized carbons (Fsp3) is 0.323. The normalized spacial score (nSPS) is 13.8. The number of nitrogens with one attached hydrogen (secondary N) is 1. The molecule has 3 heterocycles. The van der Waals surface area contributed by atoms with Crippen molar-refractivity contribution in [1.29, 1.82) is 0 Å². The van der Waals surface area contributed by atoms with Crippen molar-refractivity contribution in [3.8, 4) is 21.7 Å². The van der Waals surface area contributed by atoms with Gasteiger partial charge in [-0.3, -0.25) is 14.6 Å². The number of carbonyl (C=O) groups excluding carboxylic acids is 2. The minimum Gasteiger partial charge on any atom is -0.343 e. The zero-order valence-electron chi connectivity index (χ0n) is 22.9. The summed E-state index contributed by atoms with van der Waals surface area (Å²) in [6.45, 7) is 7.05. The van der Waals surface area contributed by atoms with Crippen molar-refractivity contribution in [3.05, 3.63) is 81.7 Å². The van der Waals surface area contributed by atoms with Crippen molar-refractivity contribution in [3.63, 3.8) is 0 Å². The topological polar surface area (TPSA) is 88.1 Å². The van der Waals surface area contributed by atoms with Crippen LogP contribution >= 0.6 is 22.9 Å². The Balaban J connectivity index is 1.22. The highest BCUT2D eigenvalue weighted by Gasteiger charge is 2.27. The number of piperidine rings is 1. The number of benzene rings is 2. The second-order valence-corrected chi connectivity index (χ2v) is 11.7. The molecule has 0 atom stereocenters. The second kappa shape index (κ2) is 12.3. The molecule has 0 unspecified atom stereocenters. The molecule has 1 saturated heterocycles. The van der Waals surface area contributed by atoms with Crippen LogP contribution in [0.2, 0.25) is 5.02 Å². The van der Waals surface area contributed by atoms with E-state index in [9.17, 15) is 9.59 Å². The molecule has 5 rings (SSSR count).